The molecule has 0 aromatic heterocycles. The molecular formula is C28H29ClF6N3O2P. The number of fused-ring (bicyclic) bond motifs is 3. The second-order valence-electron chi connectivity index (χ2n) is 9.97. The van der Waals surface area contributed by atoms with Gasteiger partial charge in [0.25, 0.3) is 5.69 Å². The number of nitrogens with zero attached hydrogens (tertiary/aromatic N) is 2. The number of unbranched alkanes of at least 4 members (excludes halogenated alkanes) is 1. The van der Waals surface area contributed by atoms with Crippen LogP contribution in [0.15, 0.2) is 84.0 Å². The molecule has 3 aromatic rings. The summed E-state index contributed by atoms with van der Waals surface area (Å²) in [5.41, 5.74) is 4.44. The molecule has 4 rings (SSSR count). The number of nitro benzene ring substituents is 1. The van der Waals surface area contributed by atoms with E-state index in [2.05, 4.69) is 73.1 Å². The van der Waals surface area contributed by atoms with Gasteiger partial charge in [-0.2, -0.15) is 4.58 Å². The summed E-state index contributed by atoms with van der Waals surface area (Å²) in [4.78, 5) is 10.4. The molecule has 41 heavy (non-hydrogen) atoms. The van der Waals surface area contributed by atoms with Crippen molar-refractivity contribution < 1.29 is 34.7 Å². The first kappa shape index (κ1) is 32.1. The van der Waals surface area contributed by atoms with Gasteiger partial charge in [-0.25, -0.2) is 0 Å². The van der Waals surface area contributed by atoms with E-state index >= 15 is 0 Å². The van der Waals surface area contributed by atoms with E-state index in [4.69, 9.17) is 11.6 Å². The van der Waals surface area contributed by atoms with E-state index in [9.17, 15) is 35.3 Å². The summed E-state index contributed by atoms with van der Waals surface area (Å²) in [5.74, 6) is 0. The number of non-ortho nitro benzene ring substituents is 1. The van der Waals surface area contributed by atoms with Crippen molar-refractivity contribution in [1.29, 1.82) is 0 Å². The number of halogens is 7. The Morgan fingerprint density at radius 3 is 2.22 bits per heavy atom. The third kappa shape index (κ3) is 9.30. The zero-order chi connectivity index (χ0) is 30.7. The molecule has 1 aliphatic rings. The van der Waals surface area contributed by atoms with Crippen LogP contribution in [-0.4, -0.2) is 21.8 Å². The normalized spacial score (nSPS) is 16.6. The van der Waals surface area contributed by atoms with Gasteiger partial charge in [-0.05, 0) is 48.9 Å². The average molecular weight is 620 g/mol. The quantitative estimate of drug-likeness (QED) is 0.0681. The molecule has 1 heterocycles. The summed E-state index contributed by atoms with van der Waals surface area (Å²) < 4.78 is 61.6. The molecule has 13 heteroatoms. The molecule has 0 aliphatic carbocycles. The van der Waals surface area contributed by atoms with Gasteiger partial charge in [0.05, 0.1) is 15.4 Å². The Morgan fingerprint density at radius 1 is 1.02 bits per heavy atom. The van der Waals surface area contributed by atoms with Gasteiger partial charge >= 0.3 is 33.0 Å². The number of anilines is 1. The number of hydrogen-bond acceptors (Lipinski definition) is 3. The topological polar surface area (TPSA) is 58.2 Å². The first-order valence-electron chi connectivity index (χ1n) is 12.6. The van der Waals surface area contributed by atoms with Crippen molar-refractivity contribution in [3.05, 3.63) is 99.7 Å². The van der Waals surface area contributed by atoms with E-state index in [1.54, 1.807) is 18.3 Å². The van der Waals surface area contributed by atoms with Gasteiger partial charge in [0.2, 0.25) is 5.69 Å². The number of hydrogen-bond donors (Lipinski definition) is 1. The van der Waals surface area contributed by atoms with Crippen LogP contribution in [0.1, 0.15) is 39.2 Å². The van der Waals surface area contributed by atoms with Crippen LogP contribution < -0.4 is 5.32 Å². The summed E-state index contributed by atoms with van der Waals surface area (Å²) in [5, 5.41) is 17.0. The van der Waals surface area contributed by atoms with Gasteiger partial charge in [0, 0.05) is 48.1 Å². The van der Waals surface area contributed by atoms with E-state index in [-0.39, 0.29) is 11.1 Å². The van der Waals surface area contributed by atoms with Gasteiger partial charge in [0.1, 0.15) is 6.54 Å². The minimum absolute atomic E-state index is 0.0552. The predicted molar refractivity (Wildman–Crippen MR) is 155 cm³/mol. The van der Waals surface area contributed by atoms with Crippen LogP contribution in [0.2, 0.25) is 0 Å². The number of nitro groups is 1. The molecular weight excluding hydrogens is 591 g/mol. The fraction of sp³-hybridized carbons (Fsp3) is 0.250. The Morgan fingerprint density at radius 2 is 1.63 bits per heavy atom. The van der Waals surface area contributed by atoms with Gasteiger partial charge < -0.3 is 5.32 Å². The molecule has 3 aromatic carbocycles. The zero-order valence-electron chi connectivity index (χ0n) is 22.4. The van der Waals surface area contributed by atoms with Crippen molar-refractivity contribution in [1.82, 2.24) is 0 Å². The van der Waals surface area contributed by atoms with Crippen LogP contribution in [0.4, 0.5) is 42.2 Å². The first-order chi connectivity index (χ1) is 18.8. The second kappa shape index (κ2) is 11.1. The molecule has 0 fully saturated rings. The Labute approximate surface area is 238 Å². The number of rotatable bonds is 8. The maximum absolute atomic E-state index is 10.8. The Balaban J connectivity index is 0.000000587. The van der Waals surface area contributed by atoms with Crippen LogP contribution >= 0.6 is 19.4 Å². The van der Waals surface area contributed by atoms with E-state index in [1.165, 1.54) is 39.9 Å². The van der Waals surface area contributed by atoms with Crippen LogP contribution in [0.3, 0.4) is 0 Å². The Bertz CT molecular complexity index is 1540. The third-order valence-electron chi connectivity index (χ3n) is 6.34. The molecule has 222 valence electrons. The Hall–Kier alpha value is -3.43. The standard InChI is InChI=1S/C28H28ClN3O2.F6P/c1-4-5-18-31-25-16-10-20-8-6-7-9-24(20)27(25)28(2,3)26(31)17-11-21(29)19-30-22-12-14-23(15-13-22)32(33)34;1-7(2,3,4,5)6/h6-17,19H,4-5,18H2,1-3H3;/q;-1/p+1. The molecule has 0 bridgehead atoms. The third-order valence-corrected chi connectivity index (χ3v) is 6.58. The predicted octanol–water partition coefficient (Wildman–Crippen LogP) is 11.1. The van der Waals surface area contributed by atoms with Crippen molar-refractivity contribution in [2.45, 2.75) is 39.0 Å². The van der Waals surface area contributed by atoms with E-state index in [0.717, 1.165) is 25.1 Å². The molecule has 0 unspecified atom stereocenters. The molecule has 5 nitrogen and oxygen atoms in total. The summed E-state index contributed by atoms with van der Waals surface area (Å²) in [6.07, 6.45) is 7.94. The van der Waals surface area contributed by atoms with Gasteiger partial charge in [-0.1, -0.05) is 49.2 Å². The summed E-state index contributed by atoms with van der Waals surface area (Å²) in [6, 6.07) is 19.2. The number of benzene rings is 3. The van der Waals surface area contributed by atoms with E-state index in [1.807, 2.05) is 6.08 Å². The van der Waals surface area contributed by atoms with Crippen molar-refractivity contribution >= 4 is 53.0 Å². The fourth-order valence-electron chi connectivity index (χ4n) is 4.63. The minimum atomic E-state index is -10.7. The molecule has 0 atom stereocenters. The van der Waals surface area contributed by atoms with Crippen LogP contribution in [0.5, 0.6) is 0 Å². The van der Waals surface area contributed by atoms with Crippen LogP contribution in [0, 0.1) is 10.1 Å². The van der Waals surface area contributed by atoms with E-state index < -0.39 is 12.7 Å². The van der Waals surface area contributed by atoms with Gasteiger partial charge in [-0.15, -0.1) is 0 Å². The van der Waals surface area contributed by atoms with E-state index in [0.29, 0.717) is 5.03 Å². The molecule has 1 N–H and O–H groups in total. The zero-order valence-corrected chi connectivity index (χ0v) is 24.1. The summed E-state index contributed by atoms with van der Waals surface area (Å²) >= 11 is 6.51. The Kier molecular flexibility index (Phi) is 8.69. The van der Waals surface area contributed by atoms with Crippen molar-refractivity contribution in [2.75, 3.05) is 11.9 Å². The second-order valence-corrected chi connectivity index (χ2v) is 12.3. The SMILES string of the molecule is CCCC[N+]1=C(/C=C/C(Cl)=C/Nc2ccc([N+](=O)[O-])cc2)C(C)(C)c2c1ccc1ccccc21.F[P-](F)(F)(F)(F)F. The molecule has 1 aliphatic heterocycles. The van der Waals surface area contributed by atoms with Gasteiger partial charge in [0.15, 0.2) is 5.71 Å². The van der Waals surface area contributed by atoms with Gasteiger partial charge in [-0.3, -0.25) is 10.1 Å². The fourth-order valence-corrected chi connectivity index (χ4v) is 4.75. The van der Waals surface area contributed by atoms with Crippen LogP contribution in [0.25, 0.3) is 10.8 Å². The van der Waals surface area contributed by atoms with Crippen molar-refractivity contribution in [2.24, 2.45) is 0 Å². The summed E-state index contributed by atoms with van der Waals surface area (Å²) in [7, 11) is -10.7. The number of nitrogens with one attached hydrogen (secondary N) is 1. The molecule has 0 spiro atoms. The van der Waals surface area contributed by atoms with Crippen LogP contribution in [-0.2, 0) is 5.41 Å². The maximum atomic E-state index is 10.8. The summed E-state index contributed by atoms with van der Waals surface area (Å²) in [6.45, 7) is 7.71. The molecule has 0 saturated heterocycles. The molecule has 0 saturated carbocycles. The van der Waals surface area contributed by atoms with Crippen molar-refractivity contribution in [3.8, 4) is 0 Å². The number of allylic oxidation sites excluding steroid dienone is 3. The monoisotopic (exact) mass is 619 g/mol. The average Bonchev–Trinajstić information content (AvgIpc) is 3.09. The molecule has 0 amide bonds. The first-order valence-corrected chi connectivity index (χ1v) is 15.0. The van der Waals surface area contributed by atoms with Crippen molar-refractivity contribution in [3.63, 3.8) is 0 Å². The molecule has 0 radical (unpaired) electrons.